The number of rotatable bonds is 0. The van der Waals surface area contributed by atoms with Crippen LogP contribution in [0.1, 0.15) is 20.3 Å². The fourth-order valence-corrected chi connectivity index (χ4v) is 4.23. The Bertz CT molecular complexity index is 320. The van der Waals surface area contributed by atoms with Crippen molar-refractivity contribution >= 4 is 11.8 Å². The molecule has 6 unspecified atom stereocenters. The molecule has 1 aliphatic heterocycles. The highest BCUT2D eigenvalue weighted by Gasteiger charge is 2.64. The van der Waals surface area contributed by atoms with Crippen molar-refractivity contribution in [3.05, 3.63) is 0 Å². The van der Waals surface area contributed by atoms with E-state index >= 15 is 0 Å². The van der Waals surface area contributed by atoms with E-state index in [1.54, 1.807) is 7.05 Å². The van der Waals surface area contributed by atoms with E-state index in [0.717, 1.165) is 6.42 Å². The lowest BCUT2D eigenvalue weighted by Crippen LogP contribution is -2.34. The number of imide groups is 1. The monoisotopic (exact) mass is 207 g/mol. The van der Waals surface area contributed by atoms with Crippen molar-refractivity contribution in [3.8, 4) is 0 Å². The first-order chi connectivity index (χ1) is 7.04. The highest BCUT2D eigenvalue weighted by atomic mass is 16.2. The second kappa shape index (κ2) is 2.63. The molecule has 3 rings (SSSR count). The molecule has 0 aromatic rings. The Morgan fingerprint density at radius 1 is 1.00 bits per heavy atom. The van der Waals surface area contributed by atoms with Crippen molar-refractivity contribution in [2.75, 3.05) is 7.05 Å². The Kier molecular flexibility index (Phi) is 1.64. The van der Waals surface area contributed by atoms with Gasteiger partial charge >= 0.3 is 0 Å². The summed E-state index contributed by atoms with van der Waals surface area (Å²) in [6, 6.07) is 0. The first-order valence-corrected chi connectivity index (χ1v) is 5.85. The normalized spacial score (nSPS) is 52.9. The largest absolute Gasteiger partial charge is 0.285 e. The quantitative estimate of drug-likeness (QED) is 0.559. The number of fused-ring (bicyclic) bond motifs is 5. The first-order valence-electron chi connectivity index (χ1n) is 5.85. The van der Waals surface area contributed by atoms with E-state index in [1.807, 2.05) is 0 Å². The molecular weight excluding hydrogens is 190 g/mol. The topological polar surface area (TPSA) is 37.4 Å². The highest BCUT2D eigenvalue weighted by molar-refractivity contribution is 6.05. The second-order valence-electron chi connectivity index (χ2n) is 5.57. The molecule has 6 atom stereocenters. The maximum Gasteiger partial charge on any atom is 0.233 e. The van der Waals surface area contributed by atoms with Gasteiger partial charge in [-0.15, -0.1) is 0 Å². The summed E-state index contributed by atoms with van der Waals surface area (Å²) in [7, 11) is 1.64. The van der Waals surface area contributed by atoms with Crippen LogP contribution >= 0.6 is 0 Å². The van der Waals surface area contributed by atoms with Crippen LogP contribution in [0.4, 0.5) is 0 Å². The standard InChI is InChI=1S/C12H17NO2/c1-5-6(2)8-4-7(5)9-10(8)12(15)13(3)11(9)14/h5-10H,4H2,1-3H3. The Labute approximate surface area is 89.8 Å². The van der Waals surface area contributed by atoms with E-state index in [9.17, 15) is 9.59 Å². The van der Waals surface area contributed by atoms with E-state index in [-0.39, 0.29) is 23.7 Å². The van der Waals surface area contributed by atoms with Crippen molar-refractivity contribution < 1.29 is 9.59 Å². The Morgan fingerprint density at radius 3 is 1.80 bits per heavy atom. The molecule has 3 nitrogen and oxygen atoms in total. The Balaban J connectivity index is 2.02. The molecule has 0 N–H and O–H groups in total. The summed E-state index contributed by atoms with van der Waals surface area (Å²) >= 11 is 0. The molecular formula is C12H17NO2. The predicted octanol–water partition coefficient (Wildman–Crippen LogP) is 1.14. The molecule has 2 bridgehead atoms. The van der Waals surface area contributed by atoms with Crippen LogP contribution in [-0.4, -0.2) is 23.8 Å². The van der Waals surface area contributed by atoms with Crippen LogP contribution in [0, 0.1) is 35.5 Å². The maximum atomic E-state index is 11.9. The van der Waals surface area contributed by atoms with Gasteiger partial charge in [0.15, 0.2) is 0 Å². The van der Waals surface area contributed by atoms with Gasteiger partial charge in [-0.3, -0.25) is 14.5 Å². The lowest BCUT2D eigenvalue weighted by molar-refractivity contribution is -0.139. The SMILES string of the molecule is CC1C(C)C2CC1C1C(=O)N(C)C(=O)C21. The first kappa shape index (κ1) is 9.37. The minimum absolute atomic E-state index is 0.0266. The molecule has 3 fully saturated rings. The van der Waals surface area contributed by atoms with E-state index in [1.165, 1.54) is 4.90 Å². The van der Waals surface area contributed by atoms with E-state index in [0.29, 0.717) is 23.7 Å². The zero-order valence-corrected chi connectivity index (χ0v) is 9.43. The summed E-state index contributed by atoms with van der Waals surface area (Å²) < 4.78 is 0. The lowest BCUT2D eigenvalue weighted by Gasteiger charge is -2.31. The van der Waals surface area contributed by atoms with Crippen molar-refractivity contribution in [2.45, 2.75) is 20.3 Å². The molecule has 1 saturated heterocycles. The molecule has 0 aromatic carbocycles. The average molecular weight is 207 g/mol. The van der Waals surface area contributed by atoms with E-state index < -0.39 is 0 Å². The molecule has 1 heterocycles. The summed E-state index contributed by atoms with van der Waals surface area (Å²) in [6.45, 7) is 4.48. The summed E-state index contributed by atoms with van der Waals surface area (Å²) in [6.07, 6.45) is 1.10. The zero-order valence-electron chi connectivity index (χ0n) is 9.43. The van der Waals surface area contributed by atoms with E-state index in [2.05, 4.69) is 13.8 Å². The fraction of sp³-hybridized carbons (Fsp3) is 0.833. The maximum absolute atomic E-state index is 11.9. The molecule has 2 aliphatic carbocycles. The lowest BCUT2D eigenvalue weighted by atomic mass is 9.70. The molecule has 0 aromatic heterocycles. The minimum Gasteiger partial charge on any atom is -0.285 e. The number of amides is 2. The van der Waals surface area contributed by atoms with Gasteiger partial charge in [0, 0.05) is 7.05 Å². The van der Waals surface area contributed by atoms with Gasteiger partial charge < -0.3 is 0 Å². The van der Waals surface area contributed by atoms with Crippen LogP contribution < -0.4 is 0 Å². The highest BCUT2D eigenvalue weighted by Crippen LogP contribution is 2.60. The van der Waals surface area contributed by atoms with Gasteiger partial charge in [-0.2, -0.15) is 0 Å². The third-order valence-electron chi connectivity index (χ3n) is 5.27. The van der Waals surface area contributed by atoms with Crippen LogP contribution in [-0.2, 0) is 9.59 Å². The van der Waals surface area contributed by atoms with Gasteiger partial charge in [0.2, 0.25) is 11.8 Å². The number of carbonyl (C=O) groups is 2. The summed E-state index contributed by atoms with van der Waals surface area (Å²) in [5.74, 6) is 2.37. The van der Waals surface area contributed by atoms with Crippen LogP contribution in [0.25, 0.3) is 0 Å². The number of hydrogen-bond donors (Lipinski definition) is 0. The summed E-state index contributed by atoms with van der Waals surface area (Å²) in [4.78, 5) is 25.2. The van der Waals surface area contributed by atoms with Crippen LogP contribution in [0.3, 0.4) is 0 Å². The smallest absolute Gasteiger partial charge is 0.233 e. The van der Waals surface area contributed by atoms with E-state index in [4.69, 9.17) is 0 Å². The number of carbonyl (C=O) groups excluding carboxylic acids is 2. The van der Waals surface area contributed by atoms with Crippen LogP contribution in [0.15, 0.2) is 0 Å². The average Bonchev–Trinajstić information content (AvgIpc) is 2.79. The van der Waals surface area contributed by atoms with Crippen molar-refractivity contribution in [1.29, 1.82) is 0 Å². The number of hydrogen-bond acceptors (Lipinski definition) is 2. The van der Waals surface area contributed by atoms with Gasteiger partial charge in [0.1, 0.15) is 0 Å². The molecule has 0 spiro atoms. The van der Waals surface area contributed by atoms with Crippen LogP contribution in [0.5, 0.6) is 0 Å². The minimum atomic E-state index is 0.0266. The van der Waals surface area contributed by atoms with Gasteiger partial charge in [-0.1, -0.05) is 13.8 Å². The fourth-order valence-electron chi connectivity index (χ4n) is 4.23. The van der Waals surface area contributed by atoms with Crippen molar-refractivity contribution in [2.24, 2.45) is 35.5 Å². The van der Waals surface area contributed by atoms with Gasteiger partial charge in [-0.25, -0.2) is 0 Å². The van der Waals surface area contributed by atoms with Gasteiger partial charge in [0.05, 0.1) is 11.8 Å². The molecule has 15 heavy (non-hydrogen) atoms. The van der Waals surface area contributed by atoms with Gasteiger partial charge in [-0.05, 0) is 30.1 Å². The summed E-state index contributed by atoms with van der Waals surface area (Å²) in [5.41, 5.74) is 0. The molecule has 0 radical (unpaired) electrons. The third-order valence-corrected chi connectivity index (χ3v) is 5.27. The number of likely N-dealkylation sites (tertiary alicyclic amines) is 1. The molecule has 3 aliphatic rings. The molecule has 2 saturated carbocycles. The predicted molar refractivity (Wildman–Crippen MR) is 54.7 cm³/mol. The van der Waals surface area contributed by atoms with Gasteiger partial charge in [0.25, 0.3) is 0 Å². The molecule has 82 valence electrons. The molecule has 3 heteroatoms. The Hall–Kier alpha value is -0.860. The second-order valence-corrected chi connectivity index (χ2v) is 5.57. The molecule has 2 amide bonds. The van der Waals surface area contributed by atoms with Crippen molar-refractivity contribution in [1.82, 2.24) is 4.90 Å². The third kappa shape index (κ3) is 0.876. The number of nitrogens with zero attached hydrogens (tertiary/aromatic N) is 1. The zero-order chi connectivity index (χ0) is 10.9. The van der Waals surface area contributed by atoms with Crippen LogP contribution in [0.2, 0.25) is 0 Å². The summed E-state index contributed by atoms with van der Waals surface area (Å²) in [5, 5.41) is 0. The van der Waals surface area contributed by atoms with Crippen molar-refractivity contribution in [3.63, 3.8) is 0 Å². The Morgan fingerprint density at radius 2 is 1.40 bits per heavy atom.